The average molecular weight is 453 g/mol. The largest absolute Gasteiger partial charge is 1.00 e. The van der Waals surface area contributed by atoms with Crippen LogP contribution in [-0.2, 0) is 6.54 Å². The van der Waals surface area contributed by atoms with Gasteiger partial charge in [0.25, 0.3) is 0 Å². The van der Waals surface area contributed by atoms with Crippen LogP contribution in [0.3, 0.4) is 0 Å². The van der Waals surface area contributed by atoms with E-state index in [2.05, 4.69) is 25.6 Å². The van der Waals surface area contributed by atoms with Crippen LogP contribution in [0.1, 0.15) is 29.3 Å². The van der Waals surface area contributed by atoms with E-state index in [0.717, 1.165) is 28.7 Å². The molecule has 0 amide bonds. The fraction of sp³-hybridized carbons (Fsp3) is 0.174. The van der Waals surface area contributed by atoms with E-state index < -0.39 is 5.97 Å². The van der Waals surface area contributed by atoms with Gasteiger partial charge in [0.15, 0.2) is 0 Å². The van der Waals surface area contributed by atoms with Crippen LogP contribution in [0, 0.1) is 0 Å². The second-order valence-electron chi connectivity index (χ2n) is 7.06. The molecule has 0 saturated carbocycles. The van der Waals surface area contributed by atoms with Crippen molar-refractivity contribution in [1.82, 2.24) is 25.6 Å². The first kappa shape index (κ1) is 24.2. The number of aromatic amines is 1. The molecular formula is C23H21KN6O2. The van der Waals surface area contributed by atoms with E-state index in [1.165, 1.54) is 6.07 Å². The Labute approximate surface area is 228 Å². The molecule has 2 aromatic heterocycles. The SMILES string of the molecule is CCCN(Cc1ccc(-c2ccccc2-c2nn[nH]n2)cc1)c1ncccc1C(=O)[O-].[K+]. The minimum Gasteiger partial charge on any atom is -0.545 e. The molecule has 2 heterocycles. The molecule has 1 N–H and O–H groups in total. The fourth-order valence-electron chi connectivity index (χ4n) is 3.55. The van der Waals surface area contributed by atoms with Gasteiger partial charge in [-0.15, -0.1) is 10.2 Å². The molecule has 0 fully saturated rings. The molecule has 2 aromatic carbocycles. The van der Waals surface area contributed by atoms with Crippen molar-refractivity contribution in [2.75, 3.05) is 11.4 Å². The van der Waals surface area contributed by atoms with Gasteiger partial charge in [0.2, 0.25) is 5.82 Å². The van der Waals surface area contributed by atoms with E-state index in [9.17, 15) is 9.90 Å². The van der Waals surface area contributed by atoms with Crippen molar-refractivity contribution in [3.05, 3.63) is 78.0 Å². The van der Waals surface area contributed by atoms with Crippen molar-refractivity contribution in [2.45, 2.75) is 19.9 Å². The monoisotopic (exact) mass is 452 g/mol. The molecule has 0 aliphatic carbocycles. The second kappa shape index (κ2) is 11.4. The summed E-state index contributed by atoms with van der Waals surface area (Å²) >= 11 is 0. The van der Waals surface area contributed by atoms with Crippen LogP contribution in [0.4, 0.5) is 5.82 Å². The van der Waals surface area contributed by atoms with Gasteiger partial charge in [-0.25, -0.2) is 4.98 Å². The fourth-order valence-corrected chi connectivity index (χ4v) is 3.55. The minimum absolute atomic E-state index is 0. The number of carbonyl (C=O) groups excluding carboxylic acids is 1. The number of carboxylic acids is 1. The molecule has 0 aliphatic heterocycles. The molecule has 8 nitrogen and oxygen atoms in total. The normalized spacial score (nSPS) is 10.4. The standard InChI is InChI=1S/C23H22N6O2.K/c1-2-14-29(22-20(23(30)31)8-5-13-24-22)15-16-9-11-17(12-10-16)18-6-3-4-7-19(18)21-25-27-28-26-21;/h3-13H,2,14-15H2,1H3,(H,30,31)(H,25,26,27,28);/q;+1/p-1. The maximum Gasteiger partial charge on any atom is 1.00 e. The Morgan fingerprint density at radius 3 is 2.44 bits per heavy atom. The summed E-state index contributed by atoms with van der Waals surface area (Å²) in [4.78, 5) is 17.8. The number of nitrogens with one attached hydrogen (secondary N) is 1. The molecule has 9 heteroatoms. The Morgan fingerprint density at radius 2 is 1.78 bits per heavy atom. The molecule has 0 aliphatic rings. The Bertz CT molecular complexity index is 1170. The number of nitrogens with zero attached hydrogens (tertiary/aromatic N) is 5. The number of anilines is 1. The minimum atomic E-state index is -1.22. The van der Waals surface area contributed by atoms with Crippen molar-refractivity contribution >= 4 is 11.8 Å². The van der Waals surface area contributed by atoms with Crippen molar-refractivity contribution in [2.24, 2.45) is 0 Å². The number of hydrogen-bond acceptors (Lipinski definition) is 7. The van der Waals surface area contributed by atoms with Crippen LogP contribution in [0.15, 0.2) is 66.9 Å². The third-order valence-electron chi connectivity index (χ3n) is 4.95. The van der Waals surface area contributed by atoms with Crippen LogP contribution >= 0.6 is 0 Å². The van der Waals surface area contributed by atoms with E-state index in [-0.39, 0.29) is 56.9 Å². The van der Waals surface area contributed by atoms with Crippen molar-refractivity contribution in [3.8, 4) is 22.5 Å². The van der Waals surface area contributed by atoms with E-state index in [1.807, 2.05) is 60.4 Å². The first-order valence-electron chi connectivity index (χ1n) is 10.0. The summed E-state index contributed by atoms with van der Waals surface area (Å²) in [6, 6.07) is 19.2. The first-order chi connectivity index (χ1) is 15.2. The van der Waals surface area contributed by atoms with Crippen molar-refractivity contribution < 1.29 is 61.3 Å². The molecule has 32 heavy (non-hydrogen) atoms. The van der Waals surface area contributed by atoms with Gasteiger partial charge in [0.1, 0.15) is 5.82 Å². The third-order valence-corrected chi connectivity index (χ3v) is 4.95. The van der Waals surface area contributed by atoms with Crippen LogP contribution < -0.4 is 61.4 Å². The smallest absolute Gasteiger partial charge is 0.545 e. The van der Waals surface area contributed by atoms with E-state index in [4.69, 9.17) is 0 Å². The number of H-pyrrole nitrogens is 1. The number of hydrogen-bond donors (Lipinski definition) is 1. The zero-order valence-corrected chi connectivity index (χ0v) is 21.1. The number of carbonyl (C=O) groups is 1. The maximum atomic E-state index is 11.5. The van der Waals surface area contributed by atoms with Gasteiger partial charge in [-0.2, -0.15) is 5.21 Å². The van der Waals surface area contributed by atoms with Crippen molar-refractivity contribution in [1.29, 1.82) is 0 Å². The number of benzene rings is 2. The Hall–Kier alpha value is -2.43. The summed E-state index contributed by atoms with van der Waals surface area (Å²) in [7, 11) is 0. The van der Waals surface area contributed by atoms with Gasteiger partial charge < -0.3 is 14.8 Å². The molecule has 156 valence electrons. The molecule has 0 spiro atoms. The van der Waals surface area contributed by atoms with E-state index in [0.29, 0.717) is 24.7 Å². The average Bonchev–Trinajstić information content (AvgIpc) is 3.34. The quantitative estimate of drug-likeness (QED) is 0.366. The van der Waals surface area contributed by atoms with Gasteiger partial charge >= 0.3 is 51.4 Å². The molecule has 4 rings (SSSR count). The van der Waals surface area contributed by atoms with Crippen LogP contribution in [0.5, 0.6) is 0 Å². The van der Waals surface area contributed by atoms with Gasteiger partial charge in [-0.3, -0.25) is 0 Å². The zero-order valence-electron chi connectivity index (χ0n) is 18.0. The molecule has 0 atom stereocenters. The van der Waals surface area contributed by atoms with E-state index in [1.54, 1.807) is 12.3 Å². The zero-order chi connectivity index (χ0) is 21.6. The predicted molar refractivity (Wildman–Crippen MR) is 115 cm³/mol. The van der Waals surface area contributed by atoms with Crippen LogP contribution in [0.2, 0.25) is 0 Å². The maximum absolute atomic E-state index is 11.5. The summed E-state index contributed by atoms with van der Waals surface area (Å²) in [5.74, 6) is -0.257. The molecule has 0 unspecified atom stereocenters. The third kappa shape index (κ3) is 5.48. The Balaban J connectivity index is 0.00000289. The number of pyridine rings is 1. The van der Waals surface area contributed by atoms with Crippen molar-refractivity contribution in [3.63, 3.8) is 0 Å². The molecule has 0 bridgehead atoms. The number of tetrazole rings is 1. The molecule has 0 saturated heterocycles. The predicted octanol–water partition coefficient (Wildman–Crippen LogP) is -0.287. The summed E-state index contributed by atoms with van der Waals surface area (Å²) in [5.41, 5.74) is 4.07. The van der Waals surface area contributed by atoms with Gasteiger partial charge in [-0.05, 0) is 40.5 Å². The topological polar surface area (TPSA) is 111 Å². The molecule has 4 aromatic rings. The van der Waals surface area contributed by atoms with Crippen LogP contribution in [-0.4, -0.2) is 38.1 Å². The Morgan fingerprint density at radius 1 is 1.03 bits per heavy atom. The van der Waals surface area contributed by atoms with Gasteiger partial charge in [-0.1, -0.05) is 55.5 Å². The Kier molecular flexibility index (Phi) is 8.65. The number of carboxylic acid groups (broad SMARTS) is 1. The summed E-state index contributed by atoms with van der Waals surface area (Å²) in [5, 5.41) is 25.8. The number of rotatable bonds is 8. The summed E-state index contributed by atoms with van der Waals surface area (Å²) < 4.78 is 0. The number of aromatic carboxylic acids is 1. The van der Waals surface area contributed by atoms with Gasteiger partial charge in [0, 0.05) is 30.4 Å². The van der Waals surface area contributed by atoms with Gasteiger partial charge in [0.05, 0.1) is 5.97 Å². The molecular weight excluding hydrogens is 431 g/mol. The second-order valence-corrected chi connectivity index (χ2v) is 7.06. The summed E-state index contributed by atoms with van der Waals surface area (Å²) in [6.07, 6.45) is 2.46. The number of aromatic nitrogens is 5. The molecule has 0 radical (unpaired) electrons. The van der Waals surface area contributed by atoms with E-state index >= 15 is 0 Å². The first-order valence-corrected chi connectivity index (χ1v) is 10.0. The summed E-state index contributed by atoms with van der Waals surface area (Å²) in [6.45, 7) is 3.27. The van der Waals surface area contributed by atoms with Crippen LogP contribution in [0.25, 0.3) is 22.5 Å².